The average Bonchev–Trinajstić information content (AvgIpc) is 2.54. The highest BCUT2D eigenvalue weighted by molar-refractivity contribution is 5.70. The number of hydrogen-bond acceptors (Lipinski definition) is 2. The third kappa shape index (κ3) is 6.25. The molecule has 0 bridgehead atoms. The maximum Gasteiger partial charge on any atom is 0.417 e. The molecule has 0 saturated heterocycles. The summed E-state index contributed by atoms with van der Waals surface area (Å²) in [4.78, 5) is 11.1. The summed E-state index contributed by atoms with van der Waals surface area (Å²) in [6.45, 7) is 0.959. The van der Waals surface area contributed by atoms with Crippen LogP contribution in [0.2, 0.25) is 0 Å². The van der Waals surface area contributed by atoms with Gasteiger partial charge < -0.3 is 10.8 Å². The standard InChI is InChI=1S/C17H18F9NO2/c1-2-8(5-9(7-27)14(28)29)6-10-11(15(18,19)20)3-4-12(16(21,22)23)13(10)17(24,25)26/h3-4,8-9H,2,5-7,27H2,1H3,(H,28,29). The summed E-state index contributed by atoms with van der Waals surface area (Å²) in [5.74, 6) is -3.72. The van der Waals surface area contributed by atoms with E-state index in [-0.39, 0.29) is 25.0 Å². The van der Waals surface area contributed by atoms with Crippen LogP contribution in [0.1, 0.15) is 42.0 Å². The molecular weight excluding hydrogens is 421 g/mol. The smallest absolute Gasteiger partial charge is 0.417 e. The number of aliphatic carboxylic acids is 1. The van der Waals surface area contributed by atoms with Crippen molar-refractivity contribution in [1.29, 1.82) is 0 Å². The molecule has 29 heavy (non-hydrogen) atoms. The topological polar surface area (TPSA) is 63.3 Å². The van der Waals surface area contributed by atoms with E-state index in [2.05, 4.69) is 0 Å². The Balaban J connectivity index is 3.68. The predicted molar refractivity (Wildman–Crippen MR) is 83.7 cm³/mol. The van der Waals surface area contributed by atoms with Gasteiger partial charge in [0.25, 0.3) is 0 Å². The zero-order valence-corrected chi connectivity index (χ0v) is 15.0. The first-order valence-electron chi connectivity index (χ1n) is 8.34. The van der Waals surface area contributed by atoms with E-state index in [4.69, 9.17) is 10.8 Å². The minimum atomic E-state index is -5.71. The molecule has 0 aromatic heterocycles. The third-order valence-corrected chi connectivity index (χ3v) is 4.53. The Morgan fingerprint density at radius 2 is 1.45 bits per heavy atom. The summed E-state index contributed by atoms with van der Waals surface area (Å²) in [5.41, 5.74) is -2.76. The number of halogens is 9. The monoisotopic (exact) mass is 439 g/mol. The van der Waals surface area contributed by atoms with E-state index in [0.29, 0.717) is 0 Å². The van der Waals surface area contributed by atoms with Crippen LogP contribution in [0.15, 0.2) is 12.1 Å². The molecule has 0 aliphatic rings. The van der Waals surface area contributed by atoms with Crippen molar-refractivity contribution in [3.63, 3.8) is 0 Å². The number of nitrogens with two attached hydrogens (primary N) is 1. The van der Waals surface area contributed by atoms with Crippen molar-refractivity contribution < 1.29 is 49.4 Å². The van der Waals surface area contributed by atoms with Gasteiger partial charge in [-0.1, -0.05) is 13.3 Å². The molecule has 0 aliphatic carbocycles. The molecule has 2 unspecified atom stereocenters. The first kappa shape index (κ1) is 25.1. The van der Waals surface area contributed by atoms with E-state index in [1.807, 2.05) is 0 Å². The Bertz CT molecular complexity index is 723. The van der Waals surface area contributed by atoms with Crippen molar-refractivity contribution in [2.24, 2.45) is 17.6 Å². The summed E-state index contributed by atoms with van der Waals surface area (Å²) >= 11 is 0. The fraction of sp³-hybridized carbons (Fsp3) is 0.588. The van der Waals surface area contributed by atoms with Crippen molar-refractivity contribution in [2.45, 2.75) is 44.7 Å². The summed E-state index contributed by atoms with van der Waals surface area (Å²) in [5, 5.41) is 9.01. The largest absolute Gasteiger partial charge is 0.481 e. The van der Waals surface area contributed by atoms with Crippen LogP contribution in [0.4, 0.5) is 39.5 Å². The zero-order valence-electron chi connectivity index (χ0n) is 15.0. The van der Waals surface area contributed by atoms with Crippen molar-refractivity contribution >= 4 is 5.97 Å². The van der Waals surface area contributed by atoms with Gasteiger partial charge in [0.15, 0.2) is 0 Å². The highest BCUT2D eigenvalue weighted by atomic mass is 19.4. The van der Waals surface area contributed by atoms with Gasteiger partial charge in [0.2, 0.25) is 0 Å². The van der Waals surface area contributed by atoms with Crippen LogP contribution in [0.3, 0.4) is 0 Å². The second kappa shape index (κ2) is 8.80. The van der Waals surface area contributed by atoms with Gasteiger partial charge in [-0.2, -0.15) is 39.5 Å². The maximum atomic E-state index is 13.4. The average molecular weight is 439 g/mol. The van der Waals surface area contributed by atoms with Gasteiger partial charge in [0.1, 0.15) is 0 Å². The summed E-state index contributed by atoms with van der Waals surface area (Å²) in [6.07, 6.45) is -18.1. The van der Waals surface area contributed by atoms with Crippen molar-refractivity contribution in [3.8, 4) is 0 Å². The molecular formula is C17H18F9NO2. The number of carboxylic acids is 1. The molecule has 3 nitrogen and oxygen atoms in total. The summed E-state index contributed by atoms with van der Waals surface area (Å²) in [7, 11) is 0. The number of hydrogen-bond donors (Lipinski definition) is 2. The normalized spacial score (nSPS) is 15.3. The lowest BCUT2D eigenvalue weighted by atomic mass is 9.83. The highest BCUT2D eigenvalue weighted by Gasteiger charge is 2.48. The molecule has 166 valence electrons. The van der Waals surface area contributed by atoms with E-state index >= 15 is 0 Å². The minimum absolute atomic E-state index is 0.0300. The fourth-order valence-corrected chi connectivity index (χ4v) is 3.07. The molecule has 0 heterocycles. The third-order valence-electron chi connectivity index (χ3n) is 4.53. The summed E-state index contributed by atoms with van der Waals surface area (Å²) in [6, 6.07) is -0.270. The van der Waals surface area contributed by atoms with Gasteiger partial charge in [-0.25, -0.2) is 0 Å². The number of rotatable bonds is 7. The van der Waals surface area contributed by atoms with E-state index in [1.54, 1.807) is 0 Å². The first-order valence-corrected chi connectivity index (χ1v) is 8.34. The lowest BCUT2D eigenvalue weighted by molar-refractivity contribution is -0.164. The second-order valence-corrected chi connectivity index (χ2v) is 6.49. The maximum absolute atomic E-state index is 13.4. The predicted octanol–water partition coefficient (Wildman–Crippen LogP) is 5.36. The van der Waals surface area contributed by atoms with E-state index in [0.717, 1.165) is 0 Å². The fourth-order valence-electron chi connectivity index (χ4n) is 3.07. The molecule has 0 aliphatic heterocycles. The molecule has 1 rings (SSSR count). The van der Waals surface area contributed by atoms with Crippen molar-refractivity contribution in [1.82, 2.24) is 0 Å². The molecule has 12 heteroatoms. The molecule has 0 fully saturated rings. The van der Waals surface area contributed by atoms with Gasteiger partial charge >= 0.3 is 24.5 Å². The van der Waals surface area contributed by atoms with Gasteiger partial charge in [-0.05, 0) is 36.5 Å². The van der Waals surface area contributed by atoms with E-state index in [1.165, 1.54) is 6.92 Å². The van der Waals surface area contributed by atoms with Crippen LogP contribution >= 0.6 is 0 Å². The van der Waals surface area contributed by atoms with Gasteiger partial charge in [0, 0.05) is 6.54 Å². The number of carbonyl (C=O) groups is 1. The van der Waals surface area contributed by atoms with Crippen LogP contribution < -0.4 is 5.73 Å². The van der Waals surface area contributed by atoms with Crippen LogP contribution in [-0.4, -0.2) is 17.6 Å². The minimum Gasteiger partial charge on any atom is -0.481 e. The Kier molecular flexibility index (Phi) is 7.60. The van der Waals surface area contributed by atoms with Crippen LogP contribution in [0, 0.1) is 11.8 Å². The number of benzene rings is 1. The molecule has 0 radical (unpaired) electrons. The first-order chi connectivity index (χ1) is 13.0. The van der Waals surface area contributed by atoms with Crippen molar-refractivity contribution in [2.75, 3.05) is 6.54 Å². The van der Waals surface area contributed by atoms with Gasteiger partial charge in [-0.15, -0.1) is 0 Å². The Hall–Kier alpha value is -1.98. The second-order valence-electron chi connectivity index (χ2n) is 6.49. The van der Waals surface area contributed by atoms with Crippen LogP contribution in [-0.2, 0) is 29.7 Å². The van der Waals surface area contributed by atoms with E-state index < -0.39 is 71.6 Å². The molecule has 0 saturated carbocycles. The number of alkyl halides is 9. The lowest BCUT2D eigenvalue weighted by Gasteiger charge is -2.26. The molecule has 2 atom stereocenters. The van der Waals surface area contributed by atoms with Gasteiger partial charge in [0.05, 0.1) is 22.6 Å². The SMILES string of the molecule is CCC(Cc1c(C(F)(F)F)ccc(C(F)(F)F)c1C(F)(F)F)CC(CN)C(=O)O. The molecule has 3 N–H and O–H groups in total. The van der Waals surface area contributed by atoms with Crippen LogP contribution in [0.5, 0.6) is 0 Å². The lowest BCUT2D eigenvalue weighted by Crippen LogP contribution is -2.28. The Labute approximate surface area is 159 Å². The van der Waals surface area contributed by atoms with Crippen LogP contribution in [0.25, 0.3) is 0 Å². The quantitative estimate of drug-likeness (QED) is 0.563. The molecule has 0 spiro atoms. The van der Waals surface area contributed by atoms with E-state index in [9.17, 15) is 44.3 Å². The molecule has 1 aromatic carbocycles. The van der Waals surface area contributed by atoms with Crippen molar-refractivity contribution in [3.05, 3.63) is 34.4 Å². The molecule has 1 aromatic rings. The zero-order chi connectivity index (χ0) is 22.8. The highest BCUT2D eigenvalue weighted by Crippen LogP contribution is 2.47. The Morgan fingerprint density at radius 1 is 0.966 bits per heavy atom. The summed E-state index contributed by atoms with van der Waals surface area (Å²) < 4.78 is 119. The Morgan fingerprint density at radius 3 is 1.79 bits per heavy atom. The van der Waals surface area contributed by atoms with Gasteiger partial charge in [-0.3, -0.25) is 4.79 Å². The molecule has 0 amide bonds. The number of carboxylic acid groups (broad SMARTS) is 1.